The van der Waals surface area contributed by atoms with Crippen molar-refractivity contribution in [3.05, 3.63) is 48.3 Å². The summed E-state index contributed by atoms with van der Waals surface area (Å²) in [5.41, 5.74) is 2.32. The minimum Gasteiger partial charge on any atom is -0.312 e. The molecule has 86 valence electrons. The van der Waals surface area contributed by atoms with Gasteiger partial charge in [-0.25, -0.2) is 4.68 Å². The van der Waals surface area contributed by atoms with E-state index in [1.165, 1.54) is 5.56 Å². The Labute approximate surface area is 101 Å². The Balaban J connectivity index is 2.09. The third-order valence-electron chi connectivity index (χ3n) is 2.50. The molecule has 0 aliphatic carbocycles. The van der Waals surface area contributed by atoms with E-state index in [9.17, 15) is 0 Å². The van der Waals surface area contributed by atoms with Crippen LogP contribution in [-0.2, 0) is 6.54 Å². The number of benzene rings is 1. The lowest BCUT2D eigenvalue weighted by Crippen LogP contribution is -2.15. The van der Waals surface area contributed by atoms with Crippen molar-refractivity contribution in [3.63, 3.8) is 0 Å². The largest absolute Gasteiger partial charge is 0.312 e. The van der Waals surface area contributed by atoms with Gasteiger partial charge in [0.25, 0.3) is 0 Å². The van der Waals surface area contributed by atoms with Gasteiger partial charge >= 0.3 is 0 Å². The van der Waals surface area contributed by atoms with E-state index in [1.807, 2.05) is 29.1 Å². The molecule has 0 aliphatic heterocycles. The molecule has 0 radical (unpaired) electrons. The Kier molecular flexibility index (Phi) is 3.95. The first kappa shape index (κ1) is 11.4. The van der Waals surface area contributed by atoms with Gasteiger partial charge in [-0.2, -0.15) is 5.10 Å². The van der Waals surface area contributed by atoms with E-state index in [2.05, 4.69) is 28.5 Å². The van der Waals surface area contributed by atoms with Crippen LogP contribution in [0.5, 0.6) is 0 Å². The van der Waals surface area contributed by atoms with E-state index in [4.69, 9.17) is 6.42 Å². The molecule has 0 aliphatic rings. The Bertz CT molecular complexity index is 494. The van der Waals surface area contributed by atoms with Crippen LogP contribution >= 0.6 is 0 Å². The summed E-state index contributed by atoms with van der Waals surface area (Å²) < 4.78 is 1.87. The van der Waals surface area contributed by atoms with Gasteiger partial charge in [0, 0.05) is 31.9 Å². The second-order valence-electron chi connectivity index (χ2n) is 3.71. The molecule has 0 spiro atoms. The number of aromatic nitrogens is 2. The number of nitrogens with one attached hydrogen (secondary N) is 1. The molecule has 0 saturated carbocycles. The zero-order valence-corrected chi connectivity index (χ0v) is 9.63. The van der Waals surface area contributed by atoms with E-state index in [0.717, 1.165) is 25.2 Å². The molecular weight excluding hydrogens is 210 g/mol. The maximum Gasteiger partial charge on any atom is 0.0690 e. The molecule has 1 heterocycles. The lowest BCUT2D eigenvalue weighted by atomic mass is 10.2. The highest BCUT2D eigenvalue weighted by molar-refractivity contribution is 5.40. The van der Waals surface area contributed by atoms with E-state index in [1.54, 1.807) is 6.20 Å². The Morgan fingerprint density at radius 1 is 1.29 bits per heavy atom. The van der Waals surface area contributed by atoms with Gasteiger partial charge in [0.15, 0.2) is 0 Å². The number of rotatable bonds is 5. The molecule has 1 aromatic heterocycles. The molecular formula is C14H15N3. The average molecular weight is 225 g/mol. The molecule has 0 amide bonds. The van der Waals surface area contributed by atoms with Gasteiger partial charge in [0.1, 0.15) is 0 Å². The number of terminal acetylenes is 1. The van der Waals surface area contributed by atoms with Crippen molar-refractivity contribution in [2.45, 2.75) is 13.0 Å². The molecule has 3 heteroatoms. The van der Waals surface area contributed by atoms with E-state index >= 15 is 0 Å². The van der Waals surface area contributed by atoms with Crippen molar-refractivity contribution in [2.24, 2.45) is 0 Å². The Hall–Kier alpha value is -2.05. The molecule has 2 rings (SSSR count). The summed E-state index contributed by atoms with van der Waals surface area (Å²) >= 11 is 0. The first-order chi connectivity index (χ1) is 8.42. The summed E-state index contributed by atoms with van der Waals surface area (Å²) in [6, 6.07) is 10.1. The van der Waals surface area contributed by atoms with Crippen LogP contribution in [0.4, 0.5) is 0 Å². The van der Waals surface area contributed by atoms with Gasteiger partial charge < -0.3 is 5.32 Å². The number of hydrogen-bond acceptors (Lipinski definition) is 2. The van der Waals surface area contributed by atoms with Crippen LogP contribution in [0.15, 0.2) is 42.7 Å². The minimum atomic E-state index is 0.754. The SMILES string of the molecule is C#CCCNCc1ccccc1-n1cccn1. The molecule has 0 fully saturated rings. The third kappa shape index (κ3) is 2.96. The number of nitrogens with zero attached hydrogens (tertiary/aromatic N) is 2. The fourth-order valence-electron chi connectivity index (χ4n) is 1.68. The van der Waals surface area contributed by atoms with Crippen LogP contribution in [0, 0.1) is 12.3 Å². The standard InChI is InChI=1S/C14H15N3/c1-2-3-9-15-12-13-7-4-5-8-14(13)17-11-6-10-16-17/h1,4-8,10-11,15H,3,9,12H2. The highest BCUT2D eigenvalue weighted by Crippen LogP contribution is 2.12. The van der Waals surface area contributed by atoms with Gasteiger partial charge in [-0.3, -0.25) is 0 Å². The molecule has 3 nitrogen and oxygen atoms in total. The van der Waals surface area contributed by atoms with Crippen molar-refractivity contribution >= 4 is 0 Å². The summed E-state index contributed by atoms with van der Waals surface area (Å²) in [5.74, 6) is 2.62. The van der Waals surface area contributed by atoms with Crippen LogP contribution in [0.3, 0.4) is 0 Å². The van der Waals surface area contributed by atoms with Crippen molar-refractivity contribution in [3.8, 4) is 18.0 Å². The molecule has 2 aromatic rings. The smallest absolute Gasteiger partial charge is 0.0690 e. The maximum absolute atomic E-state index is 5.21. The Morgan fingerprint density at radius 2 is 2.18 bits per heavy atom. The van der Waals surface area contributed by atoms with Crippen LogP contribution in [0.25, 0.3) is 5.69 Å². The number of hydrogen-bond donors (Lipinski definition) is 1. The van der Waals surface area contributed by atoms with E-state index in [-0.39, 0.29) is 0 Å². The fourth-order valence-corrected chi connectivity index (χ4v) is 1.68. The highest BCUT2D eigenvalue weighted by atomic mass is 15.3. The van der Waals surface area contributed by atoms with Crippen LogP contribution in [0.1, 0.15) is 12.0 Å². The zero-order chi connectivity index (χ0) is 11.9. The molecule has 0 atom stereocenters. The van der Waals surface area contributed by atoms with E-state index in [0.29, 0.717) is 0 Å². The molecule has 17 heavy (non-hydrogen) atoms. The third-order valence-corrected chi connectivity index (χ3v) is 2.50. The monoisotopic (exact) mass is 225 g/mol. The van der Waals surface area contributed by atoms with Crippen LogP contribution in [-0.4, -0.2) is 16.3 Å². The van der Waals surface area contributed by atoms with Gasteiger partial charge in [0.05, 0.1) is 5.69 Å². The molecule has 0 bridgehead atoms. The fraction of sp³-hybridized carbons (Fsp3) is 0.214. The van der Waals surface area contributed by atoms with Gasteiger partial charge in [-0.1, -0.05) is 18.2 Å². The normalized spacial score (nSPS) is 10.1. The predicted octanol–water partition coefficient (Wildman–Crippen LogP) is 1.99. The second-order valence-corrected chi connectivity index (χ2v) is 3.71. The first-order valence-corrected chi connectivity index (χ1v) is 5.64. The van der Waals surface area contributed by atoms with Gasteiger partial charge in [-0.05, 0) is 17.7 Å². The summed E-state index contributed by atoms with van der Waals surface area (Å²) in [6.07, 6.45) is 9.69. The highest BCUT2D eigenvalue weighted by Gasteiger charge is 2.02. The number of para-hydroxylation sites is 1. The van der Waals surface area contributed by atoms with Gasteiger partial charge in [-0.15, -0.1) is 12.3 Å². The lowest BCUT2D eigenvalue weighted by Gasteiger charge is -2.09. The van der Waals surface area contributed by atoms with Crippen molar-refractivity contribution in [1.29, 1.82) is 0 Å². The van der Waals surface area contributed by atoms with Crippen LogP contribution in [0.2, 0.25) is 0 Å². The topological polar surface area (TPSA) is 29.9 Å². The summed E-state index contributed by atoms with van der Waals surface area (Å²) in [6.45, 7) is 1.64. The minimum absolute atomic E-state index is 0.754. The average Bonchev–Trinajstić information content (AvgIpc) is 2.89. The summed E-state index contributed by atoms with van der Waals surface area (Å²) in [7, 11) is 0. The first-order valence-electron chi connectivity index (χ1n) is 5.64. The second kappa shape index (κ2) is 5.88. The van der Waals surface area contributed by atoms with Crippen LogP contribution < -0.4 is 5.32 Å². The molecule has 1 N–H and O–H groups in total. The van der Waals surface area contributed by atoms with Crippen molar-refractivity contribution < 1.29 is 0 Å². The summed E-state index contributed by atoms with van der Waals surface area (Å²) in [4.78, 5) is 0. The lowest BCUT2D eigenvalue weighted by molar-refractivity contribution is 0.694. The van der Waals surface area contributed by atoms with Crippen molar-refractivity contribution in [1.82, 2.24) is 15.1 Å². The Morgan fingerprint density at radius 3 is 2.94 bits per heavy atom. The molecule has 1 aromatic carbocycles. The van der Waals surface area contributed by atoms with Crippen molar-refractivity contribution in [2.75, 3.05) is 6.54 Å². The summed E-state index contributed by atoms with van der Waals surface area (Å²) in [5, 5.41) is 7.57. The predicted molar refractivity (Wildman–Crippen MR) is 68.7 cm³/mol. The van der Waals surface area contributed by atoms with E-state index < -0.39 is 0 Å². The zero-order valence-electron chi connectivity index (χ0n) is 9.63. The molecule has 0 saturated heterocycles. The quantitative estimate of drug-likeness (QED) is 0.623. The maximum atomic E-state index is 5.21. The molecule has 0 unspecified atom stereocenters. The van der Waals surface area contributed by atoms with Gasteiger partial charge in [0.2, 0.25) is 0 Å².